The first-order valence-electron chi connectivity index (χ1n) is 7.48. The molecule has 0 saturated carbocycles. The van der Waals surface area contributed by atoms with Gasteiger partial charge in [0.05, 0.1) is 40.2 Å². The lowest BCUT2D eigenvalue weighted by Gasteiger charge is -2.13. The largest absolute Gasteiger partial charge is 0.497 e. The average molecular weight is 342 g/mol. The molecule has 1 aromatic carbocycles. The number of benzene rings is 1. The number of aromatic nitrogens is 2. The Bertz CT molecular complexity index is 907. The minimum atomic E-state index is -0.260. The summed E-state index contributed by atoms with van der Waals surface area (Å²) in [6.45, 7) is 0. The third-order valence-electron chi connectivity index (χ3n) is 3.87. The van der Waals surface area contributed by atoms with Crippen molar-refractivity contribution in [3.05, 3.63) is 48.0 Å². The number of hydrogen-bond acceptors (Lipinski definition) is 6. The number of nitrogens with zero attached hydrogens (tertiary/aromatic N) is 2. The highest BCUT2D eigenvalue weighted by Gasteiger charge is 2.21. The number of ether oxygens (including phenoxy) is 4. The Morgan fingerprint density at radius 2 is 1.64 bits per heavy atom. The molecule has 130 valence electrons. The minimum Gasteiger partial charge on any atom is -0.497 e. The second kappa shape index (κ2) is 6.72. The normalized spacial score (nSPS) is 10.6. The predicted molar refractivity (Wildman–Crippen MR) is 91.3 cm³/mol. The summed E-state index contributed by atoms with van der Waals surface area (Å²) in [5.74, 6) is 1.97. The number of ketones is 1. The van der Waals surface area contributed by atoms with Gasteiger partial charge in [-0.1, -0.05) is 0 Å². The van der Waals surface area contributed by atoms with E-state index in [9.17, 15) is 4.79 Å². The molecule has 0 atom stereocenters. The van der Waals surface area contributed by atoms with E-state index in [0.717, 1.165) is 5.52 Å². The summed E-state index contributed by atoms with van der Waals surface area (Å²) in [5.41, 5.74) is 1.15. The molecule has 7 nitrogen and oxygen atoms in total. The van der Waals surface area contributed by atoms with Crippen LogP contribution in [0.2, 0.25) is 0 Å². The van der Waals surface area contributed by atoms with E-state index in [1.807, 2.05) is 0 Å². The number of rotatable bonds is 6. The standard InChI is InChI=1S/C18H18N2O5/c1-22-13-5-6-20-12(9-13)10-19-18(20)16(21)11-7-14(23-2)17(25-4)15(8-11)24-3/h5-10H,1-4H3. The van der Waals surface area contributed by atoms with Crippen LogP contribution >= 0.6 is 0 Å². The summed E-state index contributed by atoms with van der Waals surface area (Å²) < 4.78 is 22.8. The van der Waals surface area contributed by atoms with Crippen molar-refractivity contribution in [2.24, 2.45) is 0 Å². The molecule has 0 saturated heterocycles. The molecule has 0 aliphatic heterocycles. The van der Waals surface area contributed by atoms with Crippen LogP contribution in [0.4, 0.5) is 0 Å². The zero-order valence-electron chi connectivity index (χ0n) is 14.4. The number of methoxy groups -OCH3 is 4. The van der Waals surface area contributed by atoms with Crippen LogP contribution in [0.15, 0.2) is 36.7 Å². The van der Waals surface area contributed by atoms with Crippen molar-refractivity contribution in [1.29, 1.82) is 0 Å². The lowest BCUT2D eigenvalue weighted by Crippen LogP contribution is -2.08. The van der Waals surface area contributed by atoms with Gasteiger partial charge in [-0.05, 0) is 18.2 Å². The molecule has 25 heavy (non-hydrogen) atoms. The molecule has 0 aliphatic rings. The zero-order valence-corrected chi connectivity index (χ0v) is 14.4. The van der Waals surface area contributed by atoms with Crippen molar-refractivity contribution in [3.63, 3.8) is 0 Å². The van der Waals surface area contributed by atoms with Gasteiger partial charge in [0.15, 0.2) is 17.3 Å². The quantitative estimate of drug-likeness (QED) is 0.641. The van der Waals surface area contributed by atoms with Gasteiger partial charge in [0, 0.05) is 17.8 Å². The average Bonchev–Trinajstić information content (AvgIpc) is 3.08. The van der Waals surface area contributed by atoms with Gasteiger partial charge in [0.2, 0.25) is 11.5 Å². The highest BCUT2D eigenvalue weighted by molar-refractivity contribution is 6.08. The van der Waals surface area contributed by atoms with Crippen LogP contribution in [-0.4, -0.2) is 43.6 Å². The van der Waals surface area contributed by atoms with E-state index in [1.165, 1.54) is 21.3 Å². The first-order valence-corrected chi connectivity index (χ1v) is 7.48. The van der Waals surface area contributed by atoms with Gasteiger partial charge >= 0.3 is 0 Å². The number of carbonyl (C=O) groups is 1. The van der Waals surface area contributed by atoms with Crippen LogP contribution in [-0.2, 0) is 0 Å². The molecule has 3 rings (SSSR count). The topological polar surface area (TPSA) is 71.3 Å². The Labute approximate surface area is 144 Å². The minimum absolute atomic E-state index is 0.260. The van der Waals surface area contributed by atoms with E-state index in [0.29, 0.717) is 28.6 Å². The third kappa shape index (κ3) is 2.84. The number of hydrogen-bond donors (Lipinski definition) is 0. The van der Waals surface area contributed by atoms with Gasteiger partial charge in [0.25, 0.3) is 0 Å². The number of imidazole rings is 1. The van der Waals surface area contributed by atoms with Gasteiger partial charge in [-0.3, -0.25) is 9.20 Å². The van der Waals surface area contributed by atoms with Crippen LogP contribution in [0.25, 0.3) is 5.52 Å². The fourth-order valence-corrected chi connectivity index (χ4v) is 2.62. The fraction of sp³-hybridized carbons (Fsp3) is 0.222. The molecule has 0 bridgehead atoms. The molecule has 3 aromatic rings. The predicted octanol–water partition coefficient (Wildman–Crippen LogP) is 2.60. The molecular formula is C18H18N2O5. The summed E-state index contributed by atoms with van der Waals surface area (Å²) in [5, 5.41) is 0. The summed E-state index contributed by atoms with van der Waals surface area (Å²) in [7, 11) is 6.10. The Kier molecular flexibility index (Phi) is 4.47. The highest BCUT2D eigenvalue weighted by atomic mass is 16.5. The van der Waals surface area contributed by atoms with Crippen molar-refractivity contribution in [2.75, 3.05) is 28.4 Å². The monoisotopic (exact) mass is 342 g/mol. The van der Waals surface area contributed by atoms with Crippen LogP contribution in [0, 0.1) is 0 Å². The van der Waals surface area contributed by atoms with E-state index < -0.39 is 0 Å². The van der Waals surface area contributed by atoms with Gasteiger partial charge in [-0.15, -0.1) is 0 Å². The van der Waals surface area contributed by atoms with E-state index >= 15 is 0 Å². The first-order chi connectivity index (χ1) is 12.1. The molecule has 7 heteroatoms. The van der Waals surface area contributed by atoms with Crippen molar-refractivity contribution < 1.29 is 23.7 Å². The fourth-order valence-electron chi connectivity index (χ4n) is 2.62. The number of carbonyl (C=O) groups excluding carboxylic acids is 1. The Morgan fingerprint density at radius 1 is 0.960 bits per heavy atom. The zero-order chi connectivity index (χ0) is 18.0. The van der Waals surface area contributed by atoms with Gasteiger partial charge in [0.1, 0.15) is 5.75 Å². The lowest BCUT2D eigenvalue weighted by atomic mass is 10.1. The van der Waals surface area contributed by atoms with E-state index in [1.54, 1.807) is 48.2 Å². The molecule has 0 fully saturated rings. The van der Waals surface area contributed by atoms with Crippen molar-refractivity contribution >= 4 is 11.3 Å². The van der Waals surface area contributed by atoms with E-state index in [2.05, 4.69) is 4.98 Å². The SMILES string of the molecule is COc1ccn2c(C(=O)c3cc(OC)c(OC)c(OC)c3)ncc2c1. The van der Waals surface area contributed by atoms with Crippen molar-refractivity contribution in [1.82, 2.24) is 9.38 Å². The van der Waals surface area contributed by atoms with E-state index in [4.69, 9.17) is 18.9 Å². The molecule has 0 radical (unpaired) electrons. The van der Waals surface area contributed by atoms with Crippen LogP contribution in [0.1, 0.15) is 16.2 Å². The van der Waals surface area contributed by atoms with Crippen molar-refractivity contribution in [2.45, 2.75) is 0 Å². The van der Waals surface area contributed by atoms with Gasteiger partial charge in [-0.2, -0.15) is 0 Å². The molecule has 0 amide bonds. The number of fused-ring (bicyclic) bond motifs is 1. The lowest BCUT2D eigenvalue weighted by molar-refractivity contribution is 0.102. The maximum atomic E-state index is 12.9. The van der Waals surface area contributed by atoms with Crippen LogP contribution in [0.5, 0.6) is 23.0 Å². The molecule has 0 aliphatic carbocycles. The Morgan fingerprint density at radius 3 is 2.20 bits per heavy atom. The van der Waals surface area contributed by atoms with Gasteiger partial charge in [-0.25, -0.2) is 4.98 Å². The molecule has 0 unspecified atom stereocenters. The maximum absolute atomic E-state index is 12.9. The number of pyridine rings is 1. The maximum Gasteiger partial charge on any atom is 0.229 e. The highest BCUT2D eigenvalue weighted by Crippen LogP contribution is 2.38. The van der Waals surface area contributed by atoms with Gasteiger partial charge < -0.3 is 18.9 Å². The molecular weight excluding hydrogens is 324 g/mol. The Balaban J connectivity index is 2.09. The summed E-state index contributed by atoms with van der Waals surface area (Å²) in [6.07, 6.45) is 3.36. The summed E-state index contributed by atoms with van der Waals surface area (Å²) >= 11 is 0. The summed E-state index contributed by atoms with van der Waals surface area (Å²) in [6, 6.07) is 6.78. The summed E-state index contributed by atoms with van der Waals surface area (Å²) in [4.78, 5) is 17.2. The Hall–Kier alpha value is -3.22. The van der Waals surface area contributed by atoms with Crippen LogP contribution < -0.4 is 18.9 Å². The van der Waals surface area contributed by atoms with Crippen molar-refractivity contribution in [3.8, 4) is 23.0 Å². The molecule has 2 heterocycles. The smallest absolute Gasteiger partial charge is 0.229 e. The molecule has 2 aromatic heterocycles. The third-order valence-corrected chi connectivity index (χ3v) is 3.87. The first kappa shape index (κ1) is 16.6. The second-order valence-electron chi connectivity index (χ2n) is 5.19. The second-order valence-corrected chi connectivity index (χ2v) is 5.19. The molecule has 0 N–H and O–H groups in total. The molecule has 0 spiro atoms. The van der Waals surface area contributed by atoms with Crippen LogP contribution in [0.3, 0.4) is 0 Å². The van der Waals surface area contributed by atoms with E-state index in [-0.39, 0.29) is 11.6 Å².